The average molecular weight is 408 g/mol. The number of amides is 2. The highest BCUT2D eigenvalue weighted by molar-refractivity contribution is 7.89. The summed E-state index contributed by atoms with van der Waals surface area (Å²) >= 11 is 0. The third-order valence-electron chi connectivity index (χ3n) is 5.49. The number of benzene rings is 1. The fourth-order valence-corrected chi connectivity index (χ4v) is 5.67. The Hall–Kier alpha value is -1.93. The Morgan fingerprint density at radius 3 is 2.54 bits per heavy atom. The summed E-state index contributed by atoms with van der Waals surface area (Å²) in [6.07, 6.45) is 3.57. The number of carbonyl (C=O) groups is 2. The molecule has 1 N–H and O–H groups in total. The lowest BCUT2D eigenvalue weighted by Crippen LogP contribution is -2.52. The van der Waals surface area contributed by atoms with Crippen molar-refractivity contribution in [3.63, 3.8) is 0 Å². The molecular weight excluding hydrogens is 378 g/mol. The molecule has 28 heavy (non-hydrogen) atoms. The molecule has 2 aliphatic rings. The molecule has 0 bridgehead atoms. The molecule has 8 heteroatoms. The molecular formula is C20H29N3O4S. The standard InChI is InChI=1S/C20H29N3O4S/c1-2-12-21-19(24)16-8-6-13-22(15-16)20(25)18-11-7-14-23(18)28(26,27)17-9-4-3-5-10-17/h3-5,9-10,16,18H,2,6-8,11-15H2,1H3,(H,21,24). The van der Waals surface area contributed by atoms with Gasteiger partial charge >= 0.3 is 0 Å². The van der Waals surface area contributed by atoms with Gasteiger partial charge in [-0.15, -0.1) is 0 Å². The summed E-state index contributed by atoms with van der Waals surface area (Å²) in [5.74, 6) is -0.408. The van der Waals surface area contributed by atoms with E-state index >= 15 is 0 Å². The molecule has 1 aromatic rings. The molecule has 7 nitrogen and oxygen atoms in total. The van der Waals surface area contributed by atoms with Crippen molar-refractivity contribution in [3.05, 3.63) is 30.3 Å². The van der Waals surface area contributed by atoms with Gasteiger partial charge in [-0.1, -0.05) is 25.1 Å². The minimum absolute atomic E-state index is 0.0143. The molecule has 1 aromatic carbocycles. The van der Waals surface area contributed by atoms with Gasteiger partial charge in [0.1, 0.15) is 6.04 Å². The lowest BCUT2D eigenvalue weighted by atomic mass is 9.96. The van der Waals surface area contributed by atoms with E-state index in [9.17, 15) is 18.0 Å². The van der Waals surface area contributed by atoms with Crippen LogP contribution in [0.1, 0.15) is 39.0 Å². The van der Waals surface area contributed by atoms with E-state index in [1.165, 1.54) is 4.31 Å². The molecule has 154 valence electrons. The maximum atomic E-state index is 13.2. The summed E-state index contributed by atoms with van der Waals surface area (Å²) in [7, 11) is -3.71. The van der Waals surface area contributed by atoms with Crippen molar-refractivity contribution in [1.82, 2.24) is 14.5 Å². The Kier molecular flexibility index (Phi) is 6.72. The Morgan fingerprint density at radius 1 is 1.11 bits per heavy atom. The zero-order valence-corrected chi connectivity index (χ0v) is 17.2. The lowest BCUT2D eigenvalue weighted by molar-refractivity contribution is -0.138. The van der Waals surface area contributed by atoms with E-state index in [0.29, 0.717) is 39.0 Å². The molecule has 3 rings (SSSR count). The van der Waals surface area contributed by atoms with E-state index in [2.05, 4.69) is 5.32 Å². The summed E-state index contributed by atoms with van der Waals surface area (Å²) in [6.45, 7) is 3.92. The van der Waals surface area contributed by atoms with Crippen LogP contribution in [0.3, 0.4) is 0 Å². The SMILES string of the molecule is CCCNC(=O)C1CCCN(C(=O)C2CCCN2S(=O)(=O)c2ccccc2)C1. The first kappa shape index (κ1) is 20.8. The summed E-state index contributed by atoms with van der Waals surface area (Å²) in [5, 5.41) is 2.90. The second-order valence-corrected chi connectivity index (χ2v) is 9.39. The predicted molar refractivity (Wildman–Crippen MR) is 106 cm³/mol. The molecule has 0 radical (unpaired) electrons. The van der Waals surface area contributed by atoms with Crippen molar-refractivity contribution in [3.8, 4) is 0 Å². The molecule has 2 aliphatic heterocycles. The predicted octanol–water partition coefficient (Wildman–Crippen LogP) is 1.60. The van der Waals surface area contributed by atoms with Crippen molar-refractivity contribution in [2.24, 2.45) is 5.92 Å². The summed E-state index contributed by atoms with van der Waals surface area (Å²) in [4.78, 5) is 27.4. The van der Waals surface area contributed by atoms with Gasteiger partial charge in [-0.2, -0.15) is 4.31 Å². The smallest absolute Gasteiger partial charge is 0.243 e. The van der Waals surface area contributed by atoms with E-state index in [4.69, 9.17) is 0 Å². The van der Waals surface area contributed by atoms with Gasteiger partial charge in [0.05, 0.1) is 10.8 Å². The largest absolute Gasteiger partial charge is 0.356 e. The summed E-state index contributed by atoms with van der Waals surface area (Å²) < 4.78 is 27.4. The first-order valence-corrected chi connectivity index (χ1v) is 11.5. The number of nitrogens with one attached hydrogen (secondary N) is 1. The van der Waals surface area contributed by atoms with Gasteiger partial charge < -0.3 is 10.2 Å². The van der Waals surface area contributed by atoms with Crippen LogP contribution in [0.5, 0.6) is 0 Å². The molecule has 0 aromatic heterocycles. The van der Waals surface area contributed by atoms with Gasteiger partial charge in [-0.3, -0.25) is 9.59 Å². The van der Waals surface area contributed by atoms with Crippen LogP contribution in [0.25, 0.3) is 0 Å². The molecule has 0 spiro atoms. The maximum Gasteiger partial charge on any atom is 0.243 e. The normalized spacial score (nSPS) is 23.5. The van der Waals surface area contributed by atoms with Crippen molar-refractivity contribution in [1.29, 1.82) is 0 Å². The maximum absolute atomic E-state index is 13.2. The number of hydrogen-bond donors (Lipinski definition) is 1. The van der Waals surface area contributed by atoms with Crippen LogP contribution >= 0.6 is 0 Å². The van der Waals surface area contributed by atoms with Crippen LogP contribution in [-0.4, -0.2) is 61.7 Å². The number of hydrogen-bond acceptors (Lipinski definition) is 4. The molecule has 2 amide bonds. The van der Waals surface area contributed by atoms with Crippen LogP contribution in [0.4, 0.5) is 0 Å². The topological polar surface area (TPSA) is 86.8 Å². The van der Waals surface area contributed by atoms with E-state index < -0.39 is 16.1 Å². The quantitative estimate of drug-likeness (QED) is 0.776. The van der Waals surface area contributed by atoms with E-state index in [1.807, 2.05) is 6.92 Å². The van der Waals surface area contributed by atoms with Crippen LogP contribution in [0.15, 0.2) is 35.2 Å². The summed E-state index contributed by atoms with van der Waals surface area (Å²) in [5.41, 5.74) is 0. The third kappa shape index (κ3) is 4.38. The highest BCUT2D eigenvalue weighted by Crippen LogP contribution is 2.28. The number of rotatable bonds is 6. The zero-order chi connectivity index (χ0) is 20.1. The average Bonchev–Trinajstić information content (AvgIpc) is 3.23. The van der Waals surface area contributed by atoms with Gasteiger partial charge in [0, 0.05) is 26.2 Å². The number of sulfonamides is 1. The fraction of sp³-hybridized carbons (Fsp3) is 0.600. The Balaban J connectivity index is 1.71. The Labute approximate surface area is 167 Å². The number of likely N-dealkylation sites (tertiary alicyclic amines) is 1. The molecule has 2 unspecified atom stereocenters. The van der Waals surface area contributed by atoms with Crippen LogP contribution < -0.4 is 5.32 Å². The van der Waals surface area contributed by atoms with Crippen molar-refractivity contribution in [2.75, 3.05) is 26.2 Å². The van der Waals surface area contributed by atoms with E-state index in [1.54, 1.807) is 35.2 Å². The van der Waals surface area contributed by atoms with Gasteiger partial charge in [0.2, 0.25) is 21.8 Å². The van der Waals surface area contributed by atoms with Crippen LogP contribution in [0.2, 0.25) is 0 Å². The Bertz CT molecular complexity index is 797. The van der Waals surface area contributed by atoms with Gasteiger partial charge in [0.25, 0.3) is 0 Å². The minimum atomic E-state index is -3.71. The van der Waals surface area contributed by atoms with Gasteiger partial charge in [-0.25, -0.2) is 8.42 Å². The minimum Gasteiger partial charge on any atom is -0.356 e. The molecule has 2 fully saturated rings. The first-order valence-electron chi connectivity index (χ1n) is 10.1. The monoisotopic (exact) mass is 407 g/mol. The molecule has 2 heterocycles. The van der Waals surface area contributed by atoms with Crippen molar-refractivity contribution in [2.45, 2.75) is 50.0 Å². The molecule has 2 atom stereocenters. The first-order chi connectivity index (χ1) is 13.4. The van der Waals surface area contributed by atoms with Crippen LogP contribution in [0, 0.1) is 5.92 Å². The fourth-order valence-electron chi connectivity index (χ4n) is 4.00. The molecule has 2 saturated heterocycles. The van der Waals surface area contributed by atoms with Crippen LogP contribution in [-0.2, 0) is 19.6 Å². The summed E-state index contributed by atoms with van der Waals surface area (Å²) in [6, 6.07) is 7.58. The van der Waals surface area contributed by atoms with Gasteiger partial charge in [-0.05, 0) is 44.2 Å². The van der Waals surface area contributed by atoms with E-state index in [0.717, 1.165) is 19.3 Å². The number of nitrogens with zero attached hydrogens (tertiary/aromatic N) is 2. The highest BCUT2D eigenvalue weighted by Gasteiger charge is 2.42. The van der Waals surface area contributed by atoms with Crippen molar-refractivity contribution < 1.29 is 18.0 Å². The van der Waals surface area contributed by atoms with Crippen molar-refractivity contribution >= 4 is 21.8 Å². The second kappa shape index (κ2) is 9.05. The molecule has 0 aliphatic carbocycles. The number of carbonyl (C=O) groups excluding carboxylic acids is 2. The molecule has 0 saturated carbocycles. The lowest BCUT2D eigenvalue weighted by Gasteiger charge is -2.35. The van der Waals surface area contributed by atoms with E-state index in [-0.39, 0.29) is 22.6 Å². The third-order valence-corrected chi connectivity index (χ3v) is 7.41. The second-order valence-electron chi connectivity index (χ2n) is 7.50. The Morgan fingerprint density at radius 2 is 1.82 bits per heavy atom. The zero-order valence-electron chi connectivity index (χ0n) is 16.3. The number of piperidine rings is 1. The van der Waals surface area contributed by atoms with Gasteiger partial charge in [0.15, 0.2) is 0 Å². The highest BCUT2D eigenvalue weighted by atomic mass is 32.2.